The molecule has 0 spiro atoms. The Labute approximate surface area is 163 Å². The van der Waals surface area contributed by atoms with Crippen LogP contribution in [0.25, 0.3) is 11.1 Å². The topological polar surface area (TPSA) is 108 Å². The van der Waals surface area contributed by atoms with E-state index in [0.717, 1.165) is 22.3 Å². The summed E-state index contributed by atoms with van der Waals surface area (Å²) in [5.74, 6) is -0.340. The lowest BCUT2D eigenvalue weighted by Crippen LogP contribution is -2.36. The summed E-state index contributed by atoms with van der Waals surface area (Å²) < 4.78 is 5.38. The van der Waals surface area contributed by atoms with E-state index in [-0.39, 0.29) is 37.9 Å². The van der Waals surface area contributed by atoms with Crippen LogP contribution in [0.2, 0.25) is 0 Å². The molecule has 7 heteroatoms. The molecule has 4 N–H and O–H groups in total. The first-order valence-corrected chi connectivity index (χ1v) is 9.24. The van der Waals surface area contributed by atoms with E-state index in [0.29, 0.717) is 0 Å². The highest BCUT2D eigenvalue weighted by molar-refractivity contribution is 5.79. The zero-order valence-corrected chi connectivity index (χ0v) is 15.4. The Hall–Kier alpha value is -2.90. The number of rotatable bonds is 8. The molecule has 0 unspecified atom stereocenters. The number of ether oxygens (including phenoxy) is 1. The lowest BCUT2D eigenvalue weighted by Gasteiger charge is -2.14. The van der Waals surface area contributed by atoms with E-state index in [4.69, 9.17) is 9.84 Å². The quantitative estimate of drug-likeness (QED) is 0.550. The van der Waals surface area contributed by atoms with E-state index >= 15 is 0 Å². The van der Waals surface area contributed by atoms with Gasteiger partial charge in [0.25, 0.3) is 0 Å². The number of benzene rings is 2. The highest BCUT2D eigenvalue weighted by Gasteiger charge is 2.28. The Bertz CT molecular complexity index is 794. The molecule has 1 aliphatic rings. The van der Waals surface area contributed by atoms with E-state index in [2.05, 4.69) is 22.8 Å². The maximum absolute atomic E-state index is 12.0. The number of hydrogen-bond donors (Lipinski definition) is 4. The normalized spacial score (nSPS) is 13.4. The standard InChI is InChI=1S/C21H24N2O5/c24-12-14(25)11-23-20(26)9-10-22-21(27)28-13-19-17-7-3-1-5-15(17)16-6-2-4-8-18(16)19/h1-8,14,19,24-25H,9-13H2,(H,22,27)(H,23,26)/t14-/m0/s1. The third kappa shape index (κ3) is 4.68. The maximum Gasteiger partial charge on any atom is 0.407 e. The summed E-state index contributed by atoms with van der Waals surface area (Å²) in [5, 5.41) is 22.9. The van der Waals surface area contributed by atoms with Crippen molar-refractivity contribution < 1.29 is 24.5 Å². The number of aliphatic hydroxyl groups is 2. The summed E-state index contributed by atoms with van der Waals surface area (Å²) in [7, 11) is 0. The van der Waals surface area contributed by atoms with E-state index < -0.39 is 18.8 Å². The van der Waals surface area contributed by atoms with E-state index in [1.807, 2.05) is 36.4 Å². The SMILES string of the molecule is O=C(CCNC(=O)OCC1c2ccccc2-c2ccccc21)NC[C@H](O)CO. The Morgan fingerprint density at radius 1 is 1.00 bits per heavy atom. The zero-order chi connectivity index (χ0) is 19.9. The molecule has 0 aromatic heterocycles. The summed E-state index contributed by atoms with van der Waals surface area (Å²) in [4.78, 5) is 23.6. The van der Waals surface area contributed by atoms with Gasteiger partial charge in [-0.15, -0.1) is 0 Å². The highest BCUT2D eigenvalue weighted by Crippen LogP contribution is 2.44. The largest absolute Gasteiger partial charge is 0.449 e. The second kappa shape index (κ2) is 9.34. The minimum Gasteiger partial charge on any atom is -0.449 e. The summed E-state index contributed by atoms with van der Waals surface area (Å²) in [6.07, 6.45) is -1.51. The highest BCUT2D eigenvalue weighted by atomic mass is 16.5. The summed E-state index contributed by atoms with van der Waals surface area (Å²) in [5.41, 5.74) is 4.60. The Balaban J connectivity index is 1.47. The van der Waals surface area contributed by atoms with Crippen LogP contribution in [0.1, 0.15) is 23.5 Å². The van der Waals surface area contributed by atoms with Crippen molar-refractivity contribution in [3.63, 3.8) is 0 Å². The molecule has 0 saturated heterocycles. The van der Waals surface area contributed by atoms with E-state index in [1.165, 1.54) is 0 Å². The van der Waals surface area contributed by atoms with Gasteiger partial charge in [0.1, 0.15) is 6.61 Å². The van der Waals surface area contributed by atoms with Gasteiger partial charge in [-0.1, -0.05) is 48.5 Å². The first-order valence-electron chi connectivity index (χ1n) is 9.24. The van der Waals surface area contributed by atoms with Gasteiger partial charge in [0.15, 0.2) is 0 Å². The maximum atomic E-state index is 12.0. The summed E-state index contributed by atoms with van der Waals surface area (Å²) in [6, 6.07) is 16.2. The first-order chi connectivity index (χ1) is 13.6. The van der Waals surface area contributed by atoms with Crippen LogP contribution in [0.15, 0.2) is 48.5 Å². The molecule has 2 amide bonds. The van der Waals surface area contributed by atoms with Crippen LogP contribution >= 0.6 is 0 Å². The predicted molar refractivity (Wildman–Crippen MR) is 104 cm³/mol. The number of nitrogens with one attached hydrogen (secondary N) is 2. The number of carbonyl (C=O) groups excluding carboxylic acids is 2. The predicted octanol–water partition coefficient (Wildman–Crippen LogP) is 1.38. The Morgan fingerprint density at radius 2 is 1.61 bits per heavy atom. The molecule has 3 rings (SSSR count). The van der Waals surface area contributed by atoms with Crippen molar-refractivity contribution in [1.29, 1.82) is 0 Å². The number of fused-ring (bicyclic) bond motifs is 3. The second-order valence-electron chi connectivity index (χ2n) is 6.64. The van der Waals surface area contributed by atoms with Gasteiger partial charge >= 0.3 is 6.09 Å². The van der Waals surface area contributed by atoms with Crippen molar-refractivity contribution in [2.75, 3.05) is 26.3 Å². The van der Waals surface area contributed by atoms with Gasteiger partial charge in [0.2, 0.25) is 5.91 Å². The number of hydrogen-bond acceptors (Lipinski definition) is 5. The van der Waals surface area contributed by atoms with Crippen LogP contribution < -0.4 is 10.6 Å². The lowest BCUT2D eigenvalue weighted by molar-refractivity contribution is -0.121. The molecule has 0 bridgehead atoms. The average molecular weight is 384 g/mol. The van der Waals surface area contributed by atoms with Crippen LogP contribution in [0.5, 0.6) is 0 Å². The van der Waals surface area contributed by atoms with E-state index in [1.54, 1.807) is 0 Å². The van der Waals surface area contributed by atoms with Crippen LogP contribution in [0.3, 0.4) is 0 Å². The fraction of sp³-hybridized carbons (Fsp3) is 0.333. The fourth-order valence-corrected chi connectivity index (χ4v) is 3.31. The molecule has 7 nitrogen and oxygen atoms in total. The molecule has 28 heavy (non-hydrogen) atoms. The van der Waals surface area contributed by atoms with Gasteiger partial charge in [-0.05, 0) is 22.3 Å². The van der Waals surface area contributed by atoms with Gasteiger partial charge in [-0.25, -0.2) is 4.79 Å². The van der Waals surface area contributed by atoms with Crippen molar-refractivity contribution in [2.24, 2.45) is 0 Å². The molecule has 0 aliphatic heterocycles. The fourth-order valence-electron chi connectivity index (χ4n) is 3.31. The van der Waals surface area contributed by atoms with Crippen LogP contribution in [0, 0.1) is 0 Å². The van der Waals surface area contributed by atoms with Crippen LogP contribution in [-0.4, -0.2) is 54.6 Å². The molecule has 1 aliphatic carbocycles. The van der Waals surface area contributed by atoms with Crippen molar-refractivity contribution in [1.82, 2.24) is 10.6 Å². The number of carbonyl (C=O) groups is 2. The molecule has 148 valence electrons. The summed E-state index contributed by atoms with van der Waals surface area (Å²) >= 11 is 0. The minimum atomic E-state index is -0.987. The molecule has 2 aromatic rings. The van der Waals surface area contributed by atoms with Gasteiger partial charge in [0.05, 0.1) is 12.7 Å². The third-order valence-corrected chi connectivity index (χ3v) is 4.71. The molecule has 0 radical (unpaired) electrons. The van der Waals surface area contributed by atoms with Gasteiger partial charge in [-0.2, -0.15) is 0 Å². The number of alkyl carbamates (subject to hydrolysis) is 1. The Morgan fingerprint density at radius 3 is 2.21 bits per heavy atom. The van der Waals surface area contributed by atoms with E-state index in [9.17, 15) is 14.7 Å². The second-order valence-corrected chi connectivity index (χ2v) is 6.64. The van der Waals surface area contributed by atoms with Gasteiger partial charge in [0, 0.05) is 25.4 Å². The smallest absolute Gasteiger partial charge is 0.407 e. The summed E-state index contributed by atoms with van der Waals surface area (Å²) in [6.45, 7) is -0.106. The molecule has 0 saturated carbocycles. The van der Waals surface area contributed by atoms with Crippen molar-refractivity contribution in [3.8, 4) is 11.1 Å². The number of amides is 2. The van der Waals surface area contributed by atoms with Gasteiger partial charge < -0.3 is 25.6 Å². The first kappa shape index (κ1) is 19.9. The lowest BCUT2D eigenvalue weighted by atomic mass is 9.98. The van der Waals surface area contributed by atoms with Crippen LogP contribution in [-0.2, 0) is 9.53 Å². The molecule has 1 atom stereocenters. The monoisotopic (exact) mass is 384 g/mol. The molecule has 2 aromatic carbocycles. The van der Waals surface area contributed by atoms with Crippen molar-refractivity contribution in [2.45, 2.75) is 18.4 Å². The average Bonchev–Trinajstić information content (AvgIpc) is 3.04. The Kier molecular flexibility index (Phi) is 6.62. The van der Waals surface area contributed by atoms with Gasteiger partial charge in [-0.3, -0.25) is 4.79 Å². The molecule has 0 heterocycles. The van der Waals surface area contributed by atoms with Crippen LogP contribution in [0.4, 0.5) is 4.79 Å². The third-order valence-electron chi connectivity index (χ3n) is 4.71. The number of aliphatic hydroxyl groups excluding tert-OH is 2. The molecular formula is C21H24N2O5. The van der Waals surface area contributed by atoms with Crippen molar-refractivity contribution in [3.05, 3.63) is 59.7 Å². The van der Waals surface area contributed by atoms with Crippen molar-refractivity contribution >= 4 is 12.0 Å². The zero-order valence-electron chi connectivity index (χ0n) is 15.4. The molecular weight excluding hydrogens is 360 g/mol. The minimum absolute atomic E-state index is 0.0126. The molecule has 0 fully saturated rings.